The van der Waals surface area contributed by atoms with Crippen LogP contribution in [0.1, 0.15) is 16.1 Å². The Morgan fingerprint density at radius 3 is 2.84 bits per heavy atom. The third-order valence-corrected chi connectivity index (χ3v) is 6.32. The SMILES string of the molecule is [2H]C([2H])([2H])n1cnc2ccc(N[C@@]3(c4c(F)ccc(Cl)c4Cl)CCN(C(=O)C=C)C3)c(F)c2c1=O. The van der Waals surface area contributed by atoms with Gasteiger partial charge in [0.1, 0.15) is 11.2 Å². The number of aryl methyl sites for hydroxylation is 1. The molecule has 0 saturated carbocycles. The zero-order chi connectivity index (χ0) is 25.7. The molecule has 0 radical (unpaired) electrons. The number of carbonyl (C=O) groups is 1. The summed E-state index contributed by atoms with van der Waals surface area (Å²) >= 11 is 12.5. The van der Waals surface area contributed by atoms with Crippen molar-refractivity contribution in [2.24, 2.45) is 6.98 Å². The number of nitrogens with one attached hydrogen (secondary N) is 1. The zero-order valence-corrected chi connectivity index (χ0v) is 18.0. The molecule has 1 aliphatic rings. The quantitative estimate of drug-likeness (QED) is 0.446. The standard InChI is InChI=1S/C22H18Cl2F2N4O2/c1-3-16(31)30-9-8-22(10-30,18-13(25)5-4-12(23)19(18)24)28-15-7-6-14-17(20(15)26)21(32)29(2)11-27-14/h3-7,11,28H,1,8-10H2,2H3/t22-/m0/s1/i2D3. The molecule has 1 aliphatic heterocycles. The summed E-state index contributed by atoms with van der Waals surface area (Å²) in [5.74, 6) is -2.23. The molecule has 1 saturated heterocycles. The zero-order valence-electron chi connectivity index (χ0n) is 19.5. The van der Waals surface area contributed by atoms with Crippen LogP contribution in [0.15, 0.2) is 48.0 Å². The fraction of sp³-hybridized carbons (Fsp3) is 0.227. The lowest BCUT2D eigenvalue weighted by Gasteiger charge is -2.33. The van der Waals surface area contributed by atoms with E-state index in [0.29, 0.717) is 4.57 Å². The van der Waals surface area contributed by atoms with Crippen LogP contribution in [0.25, 0.3) is 10.9 Å². The number of amides is 1. The first kappa shape index (κ1) is 18.6. The van der Waals surface area contributed by atoms with E-state index in [1.807, 2.05) is 0 Å². The Hall–Kier alpha value is -2.97. The average Bonchev–Trinajstić information content (AvgIpc) is 3.22. The minimum absolute atomic E-state index is 0.0569. The Bertz CT molecular complexity index is 1430. The van der Waals surface area contributed by atoms with Gasteiger partial charge in [-0.25, -0.2) is 13.8 Å². The fourth-order valence-corrected chi connectivity index (χ4v) is 4.48. The van der Waals surface area contributed by atoms with Crippen molar-refractivity contribution in [3.63, 3.8) is 0 Å². The van der Waals surface area contributed by atoms with Crippen LogP contribution < -0.4 is 10.9 Å². The van der Waals surface area contributed by atoms with E-state index in [9.17, 15) is 9.59 Å². The highest BCUT2D eigenvalue weighted by Crippen LogP contribution is 2.43. The van der Waals surface area contributed by atoms with Crippen molar-refractivity contribution >= 4 is 45.7 Å². The number of fused-ring (bicyclic) bond motifs is 1. The first-order valence-electron chi connectivity index (χ1n) is 10.9. The number of hydrogen-bond donors (Lipinski definition) is 1. The van der Waals surface area contributed by atoms with Gasteiger partial charge in [0, 0.05) is 29.7 Å². The Kier molecular flexibility index (Phi) is 4.75. The molecular weight excluding hydrogens is 461 g/mol. The molecule has 32 heavy (non-hydrogen) atoms. The van der Waals surface area contributed by atoms with E-state index in [0.717, 1.165) is 18.5 Å². The third kappa shape index (κ3) is 3.53. The van der Waals surface area contributed by atoms with Crippen LogP contribution >= 0.6 is 23.2 Å². The number of likely N-dealkylation sites (tertiary alicyclic amines) is 1. The van der Waals surface area contributed by atoms with Crippen molar-refractivity contribution in [3.05, 3.63) is 80.8 Å². The van der Waals surface area contributed by atoms with E-state index < -0.39 is 41.0 Å². The van der Waals surface area contributed by atoms with Crippen molar-refractivity contribution < 1.29 is 17.7 Å². The van der Waals surface area contributed by atoms with Gasteiger partial charge >= 0.3 is 0 Å². The van der Waals surface area contributed by atoms with E-state index in [4.69, 9.17) is 27.3 Å². The summed E-state index contributed by atoms with van der Waals surface area (Å²) in [6.45, 7) is 0.648. The highest BCUT2D eigenvalue weighted by molar-refractivity contribution is 6.42. The Labute approximate surface area is 196 Å². The molecular formula is C22H18Cl2F2N4O2. The van der Waals surface area contributed by atoms with Crippen LogP contribution in [0.4, 0.5) is 14.5 Å². The minimum atomic E-state index is -2.87. The molecule has 166 valence electrons. The number of benzene rings is 2. The lowest BCUT2D eigenvalue weighted by Crippen LogP contribution is -2.41. The fourth-order valence-electron chi connectivity index (χ4n) is 3.99. The van der Waals surface area contributed by atoms with E-state index >= 15 is 8.78 Å². The molecule has 1 fully saturated rings. The van der Waals surface area contributed by atoms with Gasteiger partial charge in [0.25, 0.3) is 5.56 Å². The Balaban J connectivity index is 1.91. The summed E-state index contributed by atoms with van der Waals surface area (Å²) in [7, 11) is 0. The molecule has 1 N–H and O–H groups in total. The van der Waals surface area contributed by atoms with Crippen molar-refractivity contribution in [1.82, 2.24) is 14.5 Å². The molecule has 0 spiro atoms. The molecule has 0 bridgehead atoms. The summed E-state index contributed by atoms with van der Waals surface area (Å²) in [6, 6.07) is 5.01. The number of rotatable bonds is 4. The minimum Gasteiger partial charge on any atom is -0.371 e. The summed E-state index contributed by atoms with van der Waals surface area (Å²) in [5, 5.41) is 2.32. The Morgan fingerprint density at radius 2 is 2.12 bits per heavy atom. The predicted octanol–water partition coefficient (Wildman–Crippen LogP) is 4.24. The average molecular weight is 482 g/mol. The molecule has 10 heteroatoms. The van der Waals surface area contributed by atoms with E-state index in [2.05, 4.69) is 16.9 Å². The van der Waals surface area contributed by atoms with Gasteiger partial charge in [-0.1, -0.05) is 29.8 Å². The van der Waals surface area contributed by atoms with Gasteiger partial charge in [0.15, 0.2) is 5.82 Å². The summed E-state index contributed by atoms with van der Waals surface area (Å²) in [5.41, 5.74) is -2.90. The van der Waals surface area contributed by atoms with Gasteiger partial charge in [-0.3, -0.25) is 9.59 Å². The van der Waals surface area contributed by atoms with Crippen LogP contribution in [0.3, 0.4) is 0 Å². The maximum Gasteiger partial charge on any atom is 0.263 e. The van der Waals surface area contributed by atoms with E-state index in [-0.39, 0.29) is 46.3 Å². The number of halogens is 4. The van der Waals surface area contributed by atoms with E-state index in [1.165, 1.54) is 23.1 Å². The monoisotopic (exact) mass is 481 g/mol. The molecule has 2 heterocycles. The highest BCUT2D eigenvalue weighted by Gasteiger charge is 2.45. The molecule has 2 aromatic carbocycles. The van der Waals surface area contributed by atoms with Gasteiger partial charge in [0.2, 0.25) is 5.91 Å². The molecule has 0 aliphatic carbocycles. The molecule has 6 nitrogen and oxygen atoms in total. The number of hydrogen-bond acceptors (Lipinski definition) is 4. The van der Waals surface area contributed by atoms with Crippen LogP contribution in [-0.2, 0) is 17.3 Å². The number of aromatic nitrogens is 2. The first-order chi connectivity index (χ1) is 16.4. The molecule has 1 amide bonds. The maximum atomic E-state index is 15.7. The van der Waals surface area contributed by atoms with E-state index in [1.54, 1.807) is 0 Å². The second-order valence-corrected chi connectivity index (χ2v) is 8.17. The van der Waals surface area contributed by atoms with Gasteiger partial charge < -0.3 is 14.8 Å². The van der Waals surface area contributed by atoms with Crippen LogP contribution in [0.2, 0.25) is 10.0 Å². The molecule has 3 aromatic rings. The molecule has 4 rings (SSSR count). The molecule has 0 unspecified atom stereocenters. The molecule has 1 atom stereocenters. The van der Waals surface area contributed by atoms with Crippen molar-refractivity contribution in [3.8, 4) is 0 Å². The van der Waals surface area contributed by atoms with Crippen molar-refractivity contribution in [2.75, 3.05) is 18.4 Å². The third-order valence-electron chi connectivity index (χ3n) is 5.52. The molecule has 1 aromatic heterocycles. The first-order valence-corrected chi connectivity index (χ1v) is 10.2. The van der Waals surface area contributed by atoms with Gasteiger partial charge in [-0.15, -0.1) is 0 Å². The van der Waals surface area contributed by atoms with Crippen molar-refractivity contribution in [1.29, 1.82) is 0 Å². The number of nitrogens with zero attached hydrogens (tertiary/aromatic N) is 3. The van der Waals surface area contributed by atoms with Gasteiger partial charge in [-0.2, -0.15) is 0 Å². The van der Waals surface area contributed by atoms with Crippen LogP contribution in [0, 0.1) is 11.6 Å². The predicted molar refractivity (Wildman–Crippen MR) is 120 cm³/mol. The summed E-state index contributed by atoms with van der Waals surface area (Å²) < 4.78 is 53.6. The largest absolute Gasteiger partial charge is 0.371 e. The normalized spacial score (nSPS) is 20.0. The lowest BCUT2D eigenvalue weighted by molar-refractivity contribution is -0.125. The topological polar surface area (TPSA) is 67.2 Å². The second kappa shape index (κ2) is 8.18. The van der Waals surface area contributed by atoms with Crippen LogP contribution in [0.5, 0.6) is 0 Å². The maximum absolute atomic E-state index is 15.7. The number of anilines is 1. The summed E-state index contributed by atoms with van der Waals surface area (Å²) in [4.78, 5) is 30.4. The lowest BCUT2D eigenvalue weighted by atomic mass is 9.87. The van der Waals surface area contributed by atoms with Crippen LogP contribution in [-0.4, -0.2) is 33.4 Å². The second-order valence-electron chi connectivity index (χ2n) is 7.38. The Morgan fingerprint density at radius 1 is 1.34 bits per heavy atom. The number of carbonyl (C=O) groups excluding carboxylic acids is 1. The highest BCUT2D eigenvalue weighted by atomic mass is 35.5. The van der Waals surface area contributed by atoms with Crippen molar-refractivity contribution in [2.45, 2.75) is 12.0 Å². The summed E-state index contributed by atoms with van der Waals surface area (Å²) in [6.07, 6.45) is 2.04. The van der Waals surface area contributed by atoms with Gasteiger partial charge in [-0.05, 0) is 36.8 Å². The smallest absolute Gasteiger partial charge is 0.263 e. The van der Waals surface area contributed by atoms with Gasteiger partial charge in [0.05, 0.1) is 33.1 Å².